The summed E-state index contributed by atoms with van der Waals surface area (Å²) in [6.45, 7) is 4.61. The minimum absolute atomic E-state index is 0.249. The monoisotopic (exact) mass is 252 g/mol. The maximum Gasteiger partial charge on any atom is 0.226 e. The first kappa shape index (κ1) is 13.1. The van der Waals surface area contributed by atoms with Gasteiger partial charge < -0.3 is 15.3 Å². The van der Waals surface area contributed by atoms with Crippen LogP contribution in [-0.2, 0) is 6.54 Å². The van der Waals surface area contributed by atoms with Crippen LogP contribution in [0.3, 0.4) is 0 Å². The molecule has 0 saturated carbocycles. The highest BCUT2D eigenvalue weighted by Gasteiger charge is 2.22. The molecule has 5 heteroatoms. The third kappa shape index (κ3) is 3.11. The van der Waals surface area contributed by atoms with Crippen LogP contribution >= 0.6 is 0 Å². The van der Waals surface area contributed by atoms with E-state index in [0.717, 1.165) is 32.2 Å². The Morgan fingerprint density at radius 3 is 2.78 bits per heavy atom. The molecule has 0 amide bonds. The third-order valence-electron chi connectivity index (χ3n) is 3.62. The van der Waals surface area contributed by atoms with E-state index in [1.807, 2.05) is 0 Å². The maximum absolute atomic E-state index is 11.3. The fourth-order valence-electron chi connectivity index (χ4n) is 2.38. The van der Waals surface area contributed by atoms with Crippen molar-refractivity contribution in [2.24, 2.45) is 11.7 Å². The Bertz CT molecular complexity index is 448. The second kappa shape index (κ2) is 5.54. The molecule has 1 aliphatic heterocycles. The van der Waals surface area contributed by atoms with Crippen molar-refractivity contribution in [3.63, 3.8) is 0 Å². The van der Waals surface area contributed by atoms with Gasteiger partial charge in [0.05, 0.1) is 6.54 Å². The molecule has 1 atom stereocenters. The molecule has 1 saturated heterocycles. The van der Waals surface area contributed by atoms with Crippen molar-refractivity contribution in [2.45, 2.75) is 32.4 Å². The van der Waals surface area contributed by atoms with Crippen LogP contribution in [0.4, 0.5) is 0 Å². The van der Waals surface area contributed by atoms with Crippen LogP contribution in [0.2, 0.25) is 0 Å². The van der Waals surface area contributed by atoms with Gasteiger partial charge in [-0.25, -0.2) is 0 Å². The van der Waals surface area contributed by atoms with Crippen molar-refractivity contribution >= 4 is 0 Å². The van der Waals surface area contributed by atoms with Gasteiger partial charge in [-0.2, -0.15) is 0 Å². The fraction of sp³-hybridized carbons (Fsp3) is 0.615. The van der Waals surface area contributed by atoms with Gasteiger partial charge >= 0.3 is 0 Å². The molecule has 5 nitrogen and oxygen atoms in total. The summed E-state index contributed by atoms with van der Waals surface area (Å²) in [7, 11) is 0. The molecule has 2 heterocycles. The van der Waals surface area contributed by atoms with Crippen LogP contribution in [-0.4, -0.2) is 29.1 Å². The molecule has 0 aliphatic carbocycles. The molecular weight excluding hydrogens is 232 g/mol. The smallest absolute Gasteiger partial charge is 0.226 e. The minimum Gasteiger partial charge on any atom is -0.502 e. The molecule has 0 bridgehead atoms. The van der Waals surface area contributed by atoms with E-state index in [9.17, 15) is 4.79 Å². The van der Waals surface area contributed by atoms with Crippen molar-refractivity contribution in [2.75, 3.05) is 13.1 Å². The molecule has 1 aromatic rings. The Labute approximate surface area is 106 Å². The highest BCUT2D eigenvalue weighted by Crippen LogP contribution is 2.20. The number of piperidine rings is 1. The molecule has 18 heavy (non-hydrogen) atoms. The van der Waals surface area contributed by atoms with Gasteiger partial charge in [-0.15, -0.1) is 0 Å². The van der Waals surface area contributed by atoms with Crippen LogP contribution in [0.5, 0.6) is 5.75 Å². The van der Waals surface area contributed by atoms with E-state index in [0.29, 0.717) is 18.2 Å². The summed E-state index contributed by atoms with van der Waals surface area (Å²) in [5.74, 6) is 0.847. The molecule has 0 radical (unpaired) electrons. The van der Waals surface area contributed by atoms with E-state index in [-0.39, 0.29) is 17.2 Å². The van der Waals surface area contributed by atoms with E-state index in [1.54, 1.807) is 0 Å². The predicted molar refractivity (Wildman–Crippen MR) is 68.3 cm³/mol. The lowest BCUT2D eigenvalue weighted by Gasteiger charge is -2.33. The average Bonchev–Trinajstić information content (AvgIpc) is 2.34. The first-order valence-electron chi connectivity index (χ1n) is 6.35. The van der Waals surface area contributed by atoms with Crippen LogP contribution in [0.15, 0.2) is 21.5 Å². The minimum atomic E-state index is -0.387. The normalized spacial score (nSPS) is 19.9. The van der Waals surface area contributed by atoms with E-state index >= 15 is 0 Å². The van der Waals surface area contributed by atoms with Gasteiger partial charge in [0.15, 0.2) is 5.75 Å². The molecule has 100 valence electrons. The number of hydrogen-bond donors (Lipinski definition) is 2. The van der Waals surface area contributed by atoms with Crippen molar-refractivity contribution < 1.29 is 9.52 Å². The third-order valence-corrected chi connectivity index (χ3v) is 3.62. The average molecular weight is 252 g/mol. The lowest BCUT2D eigenvalue weighted by molar-refractivity contribution is 0.155. The summed E-state index contributed by atoms with van der Waals surface area (Å²) >= 11 is 0. The van der Waals surface area contributed by atoms with Gasteiger partial charge in [0.2, 0.25) is 5.43 Å². The largest absolute Gasteiger partial charge is 0.502 e. The highest BCUT2D eigenvalue weighted by molar-refractivity contribution is 5.15. The van der Waals surface area contributed by atoms with Gasteiger partial charge in [-0.3, -0.25) is 9.69 Å². The molecule has 1 unspecified atom stereocenters. The second-order valence-corrected chi connectivity index (χ2v) is 5.07. The molecule has 2 rings (SSSR count). The van der Waals surface area contributed by atoms with E-state index in [4.69, 9.17) is 15.3 Å². The number of nitrogens with zero attached hydrogens (tertiary/aromatic N) is 1. The molecule has 3 N–H and O–H groups in total. The number of nitrogens with two attached hydrogens (primary N) is 1. The quantitative estimate of drug-likeness (QED) is 0.835. The standard InChI is InChI=1S/C13H20N2O3/c1-9(14)10-2-4-15(5-3-10)7-11-6-12(16)13(17)8-18-11/h6,8-10,17H,2-5,7,14H2,1H3. The molecule has 1 fully saturated rings. The first-order chi connectivity index (χ1) is 8.56. The molecule has 0 spiro atoms. The molecule has 1 aliphatic rings. The Kier molecular flexibility index (Phi) is 4.04. The Hall–Kier alpha value is -1.33. The van der Waals surface area contributed by atoms with Crippen LogP contribution in [0.1, 0.15) is 25.5 Å². The maximum atomic E-state index is 11.3. The van der Waals surface area contributed by atoms with Crippen molar-refractivity contribution in [1.82, 2.24) is 4.90 Å². The van der Waals surface area contributed by atoms with Gasteiger partial charge in [0.25, 0.3) is 0 Å². The topological polar surface area (TPSA) is 79.7 Å². The second-order valence-electron chi connectivity index (χ2n) is 5.07. The Morgan fingerprint density at radius 1 is 1.56 bits per heavy atom. The highest BCUT2D eigenvalue weighted by atomic mass is 16.4. The molecule has 1 aromatic heterocycles. The molecule has 0 aromatic carbocycles. The zero-order valence-corrected chi connectivity index (χ0v) is 10.6. The van der Waals surface area contributed by atoms with Crippen LogP contribution in [0.25, 0.3) is 0 Å². The fourth-order valence-corrected chi connectivity index (χ4v) is 2.38. The van der Waals surface area contributed by atoms with Crippen molar-refractivity contribution in [3.05, 3.63) is 28.3 Å². The summed E-state index contributed by atoms with van der Waals surface area (Å²) in [5.41, 5.74) is 5.51. The van der Waals surface area contributed by atoms with Crippen LogP contribution in [0, 0.1) is 5.92 Å². The summed E-state index contributed by atoms with van der Waals surface area (Å²) in [6, 6.07) is 1.60. The summed E-state index contributed by atoms with van der Waals surface area (Å²) in [4.78, 5) is 13.5. The summed E-state index contributed by atoms with van der Waals surface area (Å²) < 4.78 is 5.20. The summed E-state index contributed by atoms with van der Waals surface area (Å²) in [6.07, 6.45) is 3.27. The van der Waals surface area contributed by atoms with Gasteiger partial charge in [-0.1, -0.05) is 0 Å². The zero-order valence-electron chi connectivity index (χ0n) is 10.6. The lowest BCUT2D eigenvalue weighted by atomic mass is 9.91. The number of hydrogen-bond acceptors (Lipinski definition) is 5. The van der Waals surface area contributed by atoms with Gasteiger partial charge in [0, 0.05) is 12.1 Å². The van der Waals surface area contributed by atoms with Crippen molar-refractivity contribution in [3.8, 4) is 5.75 Å². The van der Waals surface area contributed by atoms with E-state index in [2.05, 4.69) is 11.8 Å². The SMILES string of the molecule is CC(N)C1CCN(Cc2cc(=O)c(O)co2)CC1. The summed E-state index contributed by atoms with van der Waals surface area (Å²) in [5, 5.41) is 9.11. The first-order valence-corrected chi connectivity index (χ1v) is 6.35. The Morgan fingerprint density at radius 2 is 2.22 bits per heavy atom. The molecular formula is C13H20N2O3. The van der Waals surface area contributed by atoms with Gasteiger partial charge in [-0.05, 0) is 38.8 Å². The zero-order chi connectivity index (χ0) is 13.1. The van der Waals surface area contributed by atoms with Crippen molar-refractivity contribution in [1.29, 1.82) is 0 Å². The predicted octanol–water partition coefficient (Wildman–Crippen LogP) is 0.905. The van der Waals surface area contributed by atoms with Gasteiger partial charge in [0.1, 0.15) is 12.0 Å². The Balaban J connectivity index is 1.91. The number of aromatic hydroxyl groups is 1. The van der Waals surface area contributed by atoms with Crippen LogP contribution < -0.4 is 11.2 Å². The lowest BCUT2D eigenvalue weighted by Crippen LogP contribution is -2.39. The number of likely N-dealkylation sites (tertiary alicyclic amines) is 1. The van der Waals surface area contributed by atoms with E-state index in [1.165, 1.54) is 6.07 Å². The van der Waals surface area contributed by atoms with E-state index < -0.39 is 0 Å². The number of rotatable bonds is 3.